The summed E-state index contributed by atoms with van der Waals surface area (Å²) in [5.74, 6) is 0.573. The van der Waals surface area contributed by atoms with E-state index in [4.69, 9.17) is 9.47 Å². The van der Waals surface area contributed by atoms with Gasteiger partial charge in [-0.3, -0.25) is 4.79 Å². The monoisotopic (exact) mass is 222 g/mol. The average Bonchev–Trinajstić information content (AvgIpc) is 2.29. The molecule has 0 saturated heterocycles. The van der Waals surface area contributed by atoms with Crippen molar-refractivity contribution >= 4 is 5.97 Å². The third kappa shape index (κ3) is 2.54. The maximum atomic E-state index is 11.6. The zero-order valence-corrected chi connectivity index (χ0v) is 10.2. The molecule has 0 saturated carbocycles. The summed E-state index contributed by atoms with van der Waals surface area (Å²) in [5.41, 5.74) is 0.294. The number of hydrogen-bond donors (Lipinski definition) is 0. The lowest BCUT2D eigenvalue weighted by atomic mass is 9.85. The number of rotatable bonds is 4. The van der Waals surface area contributed by atoms with E-state index in [0.29, 0.717) is 6.61 Å². The van der Waals surface area contributed by atoms with E-state index in [1.165, 1.54) is 7.11 Å². The van der Waals surface area contributed by atoms with Crippen LogP contribution < -0.4 is 4.74 Å². The Morgan fingerprint density at radius 3 is 2.25 bits per heavy atom. The van der Waals surface area contributed by atoms with E-state index in [1.807, 2.05) is 45.0 Å². The van der Waals surface area contributed by atoms with E-state index in [9.17, 15) is 4.79 Å². The molecule has 0 N–H and O–H groups in total. The van der Waals surface area contributed by atoms with Crippen LogP contribution in [0.2, 0.25) is 0 Å². The SMILES string of the molecule is CCOc1ccc(C(C)(C)C(=O)OC)cc1. The van der Waals surface area contributed by atoms with E-state index in [-0.39, 0.29) is 5.97 Å². The molecule has 0 bridgehead atoms. The molecule has 88 valence electrons. The van der Waals surface area contributed by atoms with E-state index in [1.54, 1.807) is 0 Å². The molecule has 0 heterocycles. The predicted octanol–water partition coefficient (Wildman–Crippen LogP) is 2.54. The van der Waals surface area contributed by atoms with Gasteiger partial charge in [-0.15, -0.1) is 0 Å². The molecule has 1 aromatic rings. The summed E-state index contributed by atoms with van der Waals surface area (Å²) in [4.78, 5) is 11.6. The average molecular weight is 222 g/mol. The van der Waals surface area contributed by atoms with E-state index >= 15 is 0 Å². The smallest absolute Gasteiger partial charge is 0.315 e. The number of carbonyl (C=O) groups excluding carboxylic acids is 1. The van der Waals surface area contributed by atoms with Crippen LogP contribution in [0.3, 0.4) is 0 Å². The van der Waals surface area contributed by atoms with Gasteiger partial charge >= 0.3 is 5.97 Å². The van der Waals surface area contributed by atoms with Gasteiger partial charge in [-0.25, -0.2) is 0 Å². The molecule has 1 aromatic carbocycles. The molecule has 1 rings (SSSR count). The first-order valence-electron chi connectivity index (χ1n) is 5.34. The molecule has 0 aliphatic heterocycles. The van der Waals surface area contributed by atoms with Crippen molar-refractivity contribution in [2.45, 2.75) is 26.2 Å². The van der Waals surface area contributed by atoms with Gasteiger partial charge < -0.3 is 9.47 Å². The summed E-state index contributed by atoms with van der Waals surface area (Å²) >= 11 is 0. The van der Waals surface area contributed by atoms with Gasteiger partial charge in [0, 0.05) is 0 Å². The van der Waals surface area contributed by atoms with Crippen LogP contribution in [-0.4, -0.2) is 19.7 Å². The first-order chi connectivity index (χ1) is 7.52. The summed E-state index contributed by atoms with van der Waals surface area (Å²) in [6.45, 7) is 6.26. The molecule has 0 radical (unpaired) electrons. The minimum absolute atomic E-state index is 0.239. The van der Waals surface area contributed by atoms with Gasteiger partial charge in [0.25, 0.3) is 0 Å². The largest absolute Gasteiger partial charge is 0.494 e. The fourth-order valence-corrected chi connectivity index (χ4v) is 1.51. The normalized spacial score (nSPS) is 11.0. The fraction of sp³-hybridized carbons (Fsp3) is 0.462. The highest BCUT2D eigenvalue weighted by molar-refractivity contribution is 5.82. The predicted molar refractivity (Wildman–Crippen MR) is 62.7 cm³/mol. The molecule has 0 aliphatic carbocycles. The Hall–Kier alpha value is -1.51. The number of methoxy groups -OCH3 is 1. The van der Waals surface area contributed by atoms with E-state index < -0.39 is 5.41 Å². The molecule has 16 heavy (non-hydrogen) atoms. The zero-order valence-electron chi connectivity index (χ0n) is 10.2. The highest BCUT2D eigenvalue weighted by atomic mass is 16.5. The second kappa shape index (κ2) is 5.01. The molecular formula is C13H18O3. The first-order valence-corrected chi connectivity index (χ1v) is 5.34. The molecule has 0 unspecified atom stereocenters. The van der Waals surface area contributed by atoms with Crippen molar-refractivity contribution in [1.29, 1.82) is 0 Å². The highest BCUT2D eigenvalue weighted by Crippen LogP contribution is 2.26. The molecule has 3 heteroatoms. The molecule has 0 aliphatic rings. The first kappa shape index (κ1) is 12.6. The van der Waals surface area contributed by atoms with Crippen LogP contribution in [0.4, 0.5) is 0 Å². The lowest BCUT2D eigenvalue weighted by Gasteiger charge is -2.22. The number of esters is 1. The Balaban J connectivity index is 2.92. The van der Waals surface area contributed by atoms with Gasteiger partial charge in [0.2, 0.25) is 0 Å². The van der Waals surface area contributed by atoms with Crippen molar-refractivity contribution in [1.82, 2.24) is 0 Å². The Morgan fingerprint density at radius 2 is 1.81 bits per heavy atom. The molecule has 0 fully saturated rings. The highest BCUT2D eigenvalue weighted by Gasteiger charge is 2.30. The molecular weight excluding hydrogens is 204 g/mol. The van der Waals surface area contributed by atoms with Crippen LogP contribution in [0.15, 0.2) is 24.3 Å². The van der Waals surface area contributed by atoms with Crippen LogP contribution >= 0.6 is 0 Å². The number of hydrogen-bond acceptors (Lipinski definition) is 3. The minimum atomic E-state index is -0.626. The van der Waals surface area contributed by atoms with E-state index in [0.717, 1.165) is 11.3 Å². The standard InChI is InChI=1S/C13H18O3/c1-5-16-11-8-6-10(7-9-11)13(2,3)12(14)15-4/h6-9H,5H2,1-4H3. The van der Waals surface area contributed by atoms with Crippen molar-refractivity contribution in [3.63, 3.8) is 0 Å². The summed E-state index contributed by atoms with van der Waals surface area (Å²) in [6, 6.07) is 7.51. The Bertz CT molecular complexity index is 352. The van der Waals surface area contributed by atoms with Gasteiger partial charge in [-0.2, -0.15) is 0 Å². The second-order valence-corrected chi connectivity index (χ2v) is 4.07. The van der Waals surface area contributed by atoms with Gasteiger partial charge in [0.1, 0.15) is 5.75 Å². The van der Waals surface area contributed by atoms with Crippen LogP contribution in [0, 0.1) is 0 Å². The van der Waals surface area contributed by atoms with Gasteiger partial charge in [-0.05, 0) is 38.5 Å². The molecule has 0 amide bonds. The lowest BCUT2D eigenvalue weighted by molar-refractivity contribution is -0.146. The van der Waals surface area contributed by atoms with Crippen LogP contribution in [-0.2, 0) is 14.9 Å². The van der Waals surface area contributed by atoms with Crippen LogP contribution in [0.25, 0.3) is 0 Å². The Morgan fingerprint density at radius 1 is 1.25 bits per heavy atom. The van der Waals surface area contributed by atoms with Gasteiger partial charge in [0.05, 0.1) is 19.1 Å². The third-order valence-electron chi connectivity index (χ3n) is 2.58. The topological polar surface area (TPSA) is 35.5 Å². The Labute approximate surface area is 96.4 Å². The van der Waals surface area contributed by atoms with Crippen molar-refractivity contribution < 1.29 is 14.3 Å². The van der Waals surface area contributed by atoms with Gasteiger partial charge in [-0.1, -0.05) is 12.1 Å². The van der Waals surface area contributed by atoms with E-state index in [2.05, 4.69) is 0 Å². The number of benzene rings is 1. The second-order valence-electron chi connectivity index (χ2n) is 4.07. The van der Waals surface area contributed by atoms with Crippen molar-refractivity contribution in [2.75, 3.05) is 13.7 Å². The van der Waals surface area contributed by atoms with Crippen LogP contribution in [0.1, 0.15) is 26.3 Å². The molecule has 0 aromatic heterocycles. The molecule has 3 nitrogen and oxygen atoms in total. The van der Waals surface area contributed by atoms with Crippen molar-refractivity contribution in [2.24, 2.45) is 0 Å². The summed E-state index contributed by atoms with van der Waals surface area (Å²) in [7, 11) is 1.40. The quantitative estimate of drug-likeness (QED) is 0.734. The summed E-state index contributed by atoms with van der Waals surface area (Å²) in [5, 5.41) is 0. The third-order valence-corrected chi connectivity index (χ3v) is 2.58. The fourth-order valence-electron chi connectivity index (χ4n) is 1.51. The maximum absolute atomic E-state index is 11.6. The van der Waals surface area contributed by atoms with Crippen molar-refractivity contribution in [3.8, 4) is 5.75 Å². The maximum Gasteiger partial charge on any atom is 0.315 e. The molecule has 0 spiro atoms. The minimum Gasteiger partial charge on any atom is -0.494 e. The van der Waals surface area contributed by atoms with Gasteiger partial charge in [0.15, 0.2) is 0 Å². The summed E-state index contributed by atoms with van der Waals surface area (Å²) < 4.78 is 10.1. The van der Waals surface area contributed by atoms with Crippen molar-refractivity contribution in [3.05, 3.63) is 29.8 Å². The Kier molecular flexibility index (Phi) is 3.93. The number of carbonyl (C=O) groups is 1. The zero-order chi connectivity index (χ0) is 12.2. The summed E-state index contributed by atoms with van der Waals surface area (Å²) in [6.07, 6.45) is 0. The molecule has 0 atom stereocenters. The van der Waals surface area contributed by atoms with Crippen LogP contribution in [0.5, 0.6) is 5.75 Å². The lowest BCUT2D eigenvalue weighted by Crippen LogP contribution is -2.30. The number of ether oxygens (including phenoxy) is 2.